The maximum absolute atomic E-state index is 11.0. The summed E-state index contributed by atoms with van der Waals surface area (Å²) in [4.78, 5) is 17.1. The average molecular weight is 264 g/mol. The molecule has 0 aromatic carbocycles. The highest BCUT2D eigenvalue weighted by atomic mass is 16.6. The number of likely N-dealkylation sites (tertiary alicyclic amines) is 1. The Labute approximate surface area is 113 Å². The van der Waals surface area contributed by atoms with Crippen molar-refractivity contribution in [2.45, 2.75) is 32.7 Å². The minimum Gasteiger partial charge on any atom is -0.363 e. The van der Waals surface area contributed by atoms with E-state index >= 15 is 0 Å². The lowest BCUT2D eigenvalue weighted by Gasteiger charge is -2.23. The van der Waals surface area contributed by atoms with Crippen molar-refractivity contribution in [3.05, 3.63) is 27.9 Å². The predicted octanol–water partition coefficient (Wildman–Crippen LogP) is 2.19. The van der Waals surface area contributed by atoms with Crippen molar-refractivity contribution >= 4 is 11.5 Å². The van der Waals surface area contributed by atoms with Gasteiger partial charge in [-0.15, -0.1) is 0 Å². The quantitative estimate of drug-likeness (QED) is 0.652. The summed E-state index contributed by atoms with van der Waals surface area (Å²) in [5, 5.41) is 14.1. The summed E-state index contributed by atoms with van der Waals surface area (Å²) in [6.07, 6.45) is 4.14. The molecule has 1 aliphatic rings. The molecule has 1 fully saturated rings. The molecule has 0 spiro atoms. The van der Waals surface area contributed by atoms with Crippen LogP contribution in [0.5, 0.6) is 0 Å². The Balaban J connectivity index is 2.00. The average Bonchev–Trinajstić information content (AvgIpc) is 2.90. The van der Waals surface area contributed by atoms with Gasteiger partial charge in [0.05, 0.1) is 4.92 Å². The Morgan fingerprint density at radius 1 is 1.53 bits per heavy atom. The molecule has 1 unspecified atom stereocenters. The first-order chi connectivity index (χ1) is 9.08. The third-order valence-electron chi connectivity index (χ3n) is 3.53. The standard InChI is InChI=1S/C13H20N4O2/c1-10-7-12(17(18)19)13(14-8-10)15-9-11(2)16-5-3-4-6-16/h7-8,11H,3-6,9H2,1-2H3,(H,14,15). The first-order valence-electron chi connectivity index (χ1n) is 6.67. The maximum atomic E-state index is 11.0. The summed E-state index contributed by atoms with van der Waals surface area (Å²) in [5.41, 5.74) is 0.846. The highest BCUT2D eigenvalue weighted by Gasteiger charge is 2.20. The van der Waals surface area contributed by atoms with Gasteiger partial charge in [-0.25, -0.2) is 4.98 Å². The van der Waals surface area contributed by atoms with Crippen LogP contribution in [0.3, 0.4) is 0 Å². The van der Waals surface area contributed by atoms with Crippen LogP contribution in [0.4, 0.5) is 11.5 Å². The second-order valence-corrected chi connectivity index (χ2v) is 5.11. The van der Waals surface area contributed by atoms with Crippen molar-refractivity contribution < 1.29 is 4.92 Å². The largest absolute Gasteiger partial charge is 0.363 e. The van der Waals surface area contributed by atoms with Gasteiger partial charge in [-0.3, -0.25) is 15.0 Å². The van der Waals surface area contributed by atoms with Gasteiger partial charge in [0.25, 0.3) is 0 Å². The first-order valence-corrected chi connectivity index (χ1v) is 6.67. The van der Waals surface area contributed by atoms with Gasteiger partial charge in [0.1, 0.15) is 0 Å². The molecular formula is C13H20N4O2. The van der Waals surface area contributed by atoms with E-state index in [1.54, 1.807) is 19.2 Å². The number of nitrogens with zero attached hydrogens (tertiary/aromatic N) is 3. The molecule has 104 valence electrons. The second kappa shape index (κ2) is 5.97. The number of anilines is 1. The smallest absolute Gasteiger partial charge is 0.311 e. The fourth-order valence-corrected chi connectivity index (χ4v) is 2.39. The van der Waals surface area contributed by atoms with Crippen LogP contribution in [0, 0.1) is 17.0 Å². The van der Waals surface area contributed by atoms with E-state index in [0.29, 0.717) is 18.4 Å². The van der Waals surface area contributed by atoms with E-state index in [2.05, 4.69) is 22.1 Å². The van der Waals surface area contributed by atoms with Crippen LogP contribution in [-0.4, -0.2) is 40.5 Å². The number of hydrogen-bond acceptors (Lipinski definition) is 5. The molecule has 0 aliphatic carbocycles. The zero-order valence-corrected chi connectivity index (χ0v) is 11.4. The van der Waals surface area contributed by atoms with Gasteiger partial charge in [0, 0.05) is 24.8 Å². The predicted molar refractivity (Wildman–Crippen MR) is 74.4 cm³/mol. The van der Waals surface area contributed by atoms with E-state index in [4.69, 9.17) is 0 Å². The number of hydrogen-bond donors (Lipinski definition) is 1. The summed E-state index contributed by atoms with van der Waals surface area (Å²) in [5.74, 6) is 0.363. The lowest BCUT2D eigenvalue weighted by atomic mass is 10.2. The van der Waals surface area contributed by atoms with Crippen LogP contribution < -0.4 is 5.32 Å². The number of nitrogens with one attached hydrogen (secondary N) is 1. The molecule has 1 N–H and O–H groups in total. The molecule has 1 atom stereocenters. The monoisotopic (exact) mass is 264 g/mol. The molecule has 0 saturated carbocycles. The van der Waals surface area contributed by atoms with E-state index < -0.39 is 0 Å². The topological polar surface area (TPSA) is 71.3 Å². The van der Waals surface area contributed by atoms with Crippen LogP contribution in [0.25, 0.3) is 0 Å². The van der Waals surface area contributed by atoms with Crippen LogP contribution in [0.2, 0.25) is 0 Å². The van der Waals surface area contributed by atoms with Crippen molar-refractivity contribution in [1.82, 2.24) is 9.88 Å². The lowest BCUT2D eigenvalue weighted by Crippen LogP contribution is -2.35. The van der Waals surface area contributed by atoms with Gasteiger partial charge in [-0.05, 0) is 45.3 Å². The fraction of sp³-hybridized carbons (Fsp3) is 0.615. The summed E-state index contributed by atoms with van der Waals surface area (Å²) in [6, 6.07) is 1.92. The molecule has 1 saturated heterocycles. The molecule has 0 radical (unpaired) electrons. The fourth-order valence-electron chi connectivity index (χ4n) is 2.39. The van der Waals surface area contributed by atoms with Crippen LogP contribution >= 0.6 is 0 Å². The Morgan fingerprint density at radius 3 is 2.84 bits per heavy atom. The zero-order valence-electron chi connectivity index (χ0n) is 11.4. The summed E-state index contributed by atoms with van der Waals surface area (Å²) in [7, 11) is 0. The molecule has 1 aromatic rings. The third-order valence-corrected chi connectivity index (χ3v) is 3.53. The highest BCUT2D eigenvalue weighted by Crippen LogP contribution is 2.22. The van der Waals surface area contributed by atoms with Gasteiger partial charge in [0.15, 0.2) is 0 Å². The van der Waals surface area contributed by atoms with Crippen molar-refractivity contribution in [3.8, 4) is 0 Å². The molecular weight excluding hydrogens is 244 g/mol. The van der Waals surface area contributed by atoms with Gasteiger partial charge in [-0.1, -0.05) is 0 Å². The molecule has 1 aromatic heterocycles. The third kappa shape index (κ3) is 3.41. The number of aromatic nitrogens is 1. The van der Waals surface area contributed by atoms with E-state index in [1.165, 1.54) is 12.8 Å². The summed E-state index contributed by atoms with van der Waals surface area (Å²) >= 11 is 0. The Morgan fingerprint density at radius 2 is 2.21 bits per heavy atom. The molecule has 6 heteroatoms. The minimum atomic E-state index is -0.386. The van der Waals surface area contributed by atoms with Crippen LogP contribution in [-0.2, 0) is 0 Å². The number of pyridine rings is 1. The van der Waals surface area contributed by atoms with Crippen LogP contribution in [0.15, 0.2) is 12.3 Å². The SMILES string of the molecule is Cc1cnc(NCC(C)N2CCCC2)c([N+](=O)[O-])c1. The second-order valence-electron chi connectivity index (χ2n) is 5.11. The Bertz CT molecular complexity index is 458. The Kier molecular flexibility index (Phi) is 4.31. The molecule has 6 nitrogen and oxygen atoms in total. The number of aryl methyl sites for hydroxylation is 1. The van der Waals surface area contributed by atoms with Gasteiger partial charge in [-0.2, -0.15) is 0 Å². The molecule has 1 aliphatic heterocycles. The summed E-state index contributed by atoms with van der Waals surface area (Å²) in [6.45, 7) is 6.85. The van der Waals surface area contributed by atoms with Crippen molar-refractivity contribution in [2.24, 2.45) is 0 Å². The van der Waals surface area contributed by atoms with E-state index in [1.807, 2.05) is 0 Å². The van der Waals surface area contributed by atoms with Gasteiger partial charge in [0.2, 0.25) is 5.82 Å². The Hall–Kier alpha value is -1.69. The molecule has 2 rings (SSSR count). The van der Waals surface area contributed by atoms with Gasteiger partial charge >= 0.3 is 5.69 Å². The minimum absolute atomic E-state index is 0.0496. The molecule has 2 heterocycles. The zero-order chi connectivity index (χ0) is 13.8. The van der Waals surface area contributed by atoms with Crippen molar-refractivity contribution in [3.63, 3.8) is 0 Å². The van der Waals surface area contributed by atoms with E-state index in [9.17, 15) is 10.1 Å². The van der Waals surface area contributed by atoms with E-state index in [-0.39, 0.29) is 10.6 Å². The molecule has 19 heavy (non-hydrogen) atoms. The van der Waals surface area contributed by atoms with Crippen molar-refractivity contribution in [2.75, 3.05) is 25.0 Å². The number of nitro groups is 1. The molecule has 0 bridgehead atoms. The first kappa shape index (κ1) is 13.7. The van der Waals surface area contributed by atoms with Crippen LogP contribution in [0.1, 0.15) is 25.3 Å². The highest BCUT2D eigenvalue weighted by molar-refractivity contribution is 5.56. The maximum Gasteiger partial charge on any atom is 0.311 e. The van der Waals surface area contributed by atoms with E-state index in [0.717, 1.165) is 18.7 Å². The van der Waals surface area contributed by atoms with Crippen molar-refractivity contribution in [1.29, 1.82) is 0 Å². The lowest BCUT2D eigenvalue weighted by molar-refractivity contribution is -0.384. The van der Waals surface area contributed by atoms with Gasteiger partial charge < -0.3 is 5.32 Å². The summed E-state index contributed by atoms with van der Waals surface area (Å²) < 4.78 is 0. The number of rotatable bonds is 5. The normalized spacial score (nSPS) is 17.4. The molecule has 0 amide bonds.